The van der Waals surface area contributed by atoms with Gasteiger partial charge in [-0.2, -0.15) is 0 Å². The highest BCUT2D eigenvalue weighted by Crippen LogP contribution is 2.34. The van der Waals surface area contributed by atoms with Crippen LogP contribution in [0.15, 0.2) is 24.3 Å². The molecule has 104 valence electrons. The van der Waals surface area contributed by atoms with Crippen LogP contribution in [-0.4, -0.2) is 25.3 Å². The SMILES string of the molecule is C[C@H](N)c1ccccc1N1CCOC2CCCCC21. The van der Waals surface area contributed by atoms with Crippen LogP contribution in [0.3, 0.4) is 0 Å². The van der Waals surface area contributed by atoms with Crippen LogP contribution in [0.4, 0.5) is 5.69 Å². The fourth-order valence-electron chi connectivity index (χ4n) is 3.53. The quantitative estimate of drug-likeness (QED) is 0.888. The van der Waals surface area contributed by atoms with Crippen LogP contribution in [0.5, 0.6) is 0 Å². The molecular weight excluding hydrogens is 236 g/mol. The summed E-state index contributed by atoms with van der Waals surface area (Å²) in [6.07, 6.45) is 5.51. The van der Waals surface area contributed by atoms with Crippen LogP contribution in [0.25, 0.3) is 0 Å². The molecule has 0 amide bonds. The van der Waals surface area contributed by atoms with E-state index in [2.05, 4.69) is 36.1 Å². The van der Waals surface area contributed by atoms with Gasteiger partial charge in [-0.1, -0.05) is 31.0 Å². The Hall–Kier alpha value is -1.06. The third-order valence-corrected chi connectivity index (χ3v) is 4.47. The minimum Gasteiger partial charge on any atom is -0.374 e. The van der Waals surface area contributed by atoms with Crippen LogP contribution >= 0.6 is 0 Å². The lowest BCUT2D eigenvalue weighted by Crippen LogP contribution is -2.53. The van der Waals surface area contributed by atoms with Gasteiger partial charge in [-0.05, 0) is 31.4 Å². The molecular formula is C16H24N2O. The van der Waals surface area contributed by atoms with Crippen LogP contribution in [0, 0.1) is 0 Å². The van der Waals surface area contributed by atoms with Gasteiger partial charge in [-0.25, -0.2) is 0 Å². The van der Waals surface area contributed by atoms with E-state index in [4.69, 9.17) is 10.5 Å². The van der Waals surface area contributed by atoms with Crippen LogP contribution in [0.2, 0.25) is 0 Å². The molecule has 1 aliphatic heterocycles. The standard InChI is InChI=1S/C16H24N2O/c1-12(17)13-6-2-3-7-14(13)18-10-11-19-16-9-5-4-8-15(16)18/h2-3,6-7,12,15-16H,4-5,8-11,17H2,1H3/t12-,15?,16?/m0/s1. The molecule has 19 heavy (non-hydrogen) atoms. The van der Waals surface area contributed by atoms with Gasteiger partial charge in [0.1, 0.15) is 0 Å². The molecule has 2 fully saturated rings. The third kappa shape index (κ3) is 2.49. The van der Waals surface area contributed by atoms with Crippen molar-refractivity contribution >= 4 is 5.69 Å². The first-order chi connectivity index (χ1) is 9.27. The predicted octanol–water partition coefficient (Wildman–Crippen LogP) is 2.85. The van der Waals surface area contributed by atoms with Crippen LogP contribution in [0.1, 0.15) is 44.2 Å². The number of morpholine rings is 1. The van der Waals surface area contributed by atoms with Crippen molar-refractivity contribution in [1.82, 2.24) is 0 Å². The molecule has 0 bridgehead atoms. The van der Waals surface area contributed by atoms with Gasteiger partial charge in [0.2, 0.25) is 0 Å². The smallest absolute Gasteiger partial charge is 0.0779 e. The normalized spacial score (nSPS) is 28.8. The summed E-state index contributed by atoms with van der Waals surface area (Å²) in [5.74, 6) is 0. The van der Waals surface area contributed by atoms with E-state index in [1.807, 2.05) is 0 Å². The number of anilines is 1. The fraction of sp³-hybridized carbons (Fsp3) is 0.625. The van der Waals surface area contributed by atoms with E-state index in [0.29, 0.717) is 12.1 Å². The molecule has 0 radical (unpaired) electrons. The van der Waals surface area contributed by atoms with Crippen molar-refractivity contribution in [3.8, 4) is 0 Å². The molecule has 0 aromatic heterocycles. The van der Waals surface area contributed by atoms with Crippen molar-refractivity contribution in [2.24, 2.45) is 5.73 Å². The Balaban J connectivity index is 1.91. The number of hydrogen-bond donors (Lipinski definition) is 1. The van der Waals surface area contributed by atoms with Crippen molar-refractivity contribution in [1.29, 1.82) is 0 Å². The molecule has 1 aliphatic carbocycles. The molecule has 1 aromatic carbocycles. The van der Waals surface area contributed by atoms with Crippen molar-refractivity contribution in [3.05, 3.63) is 29.8 Å². The average molecular weight is 260 g/mol. The largest absolute Gasteiger partial charge is 0.374 e. The Kier molecular flexibility index (Phi) is 3.76. The van der Waals surface area contributed by atoms with Gasteiger partial charge < -0.3 is 15.4 Å². The average Bonchev–Trinajstić information content (AvgIpc) is 2.46. The summed E-state index contributed by atoms with van der Waals surface area (Å²) in [5, 5.41) is 0. The summed E-state index contributed by atoms with van der Waals surface area (Å²) in [5.41, 5.74) is 8.71. The fourth-order valence-corrected chi connectivity index (χ4v) is 3.53. The summed E-state index contributed by atoms with van der Waals surface area (Å²) >= 11 is 0. The highest BCUT2D eigenvalue weighted by molar-refractivity contribution is 5.56. The lowest BCUT2D eigenvalue weighted by atomic mass is 9.89. The first-order valence-corrected chi connectivity index (χ1v) is 7.50. The number of rotatable bonds is 2. The number of fused-ring (bicyclic) bond motifs is 1. The zero-order chi connectivity index (χ0) is 13.2. The molecule has 1 saturated carbocycles. The Morgan fingerprint density at radius 1 is 1.26 bits per heavy atom. The van der Waals surface area contributed by atoms with Crippen molar-refractivity contribution in [2.45, 2.75) is 50.8 Å². The Morgan fingerprint density at radius 3 is 2.89 bits per heavy atom. The Bertz CT molecular complexity index is 431. The minimum absolute atomic E-state index is 0.0843. The van der Waals surface area contributed by atoms with Crippen molar-refractivity contribution < 1.29 is 4.74 Å². The Morgan fingerprint density at radius 2 is 2.05 bits per heavy atom. The van der Waals surface area contributed by atoms with E-state index in [0.717, 1.165) is 13.2 Å². The maximum Gasteiger partial charge on any atom is 0.0779 e. The van der Waals surface area contributed by atoms with E-state index in [1.165, 1.54) is 36.9 Å². The van der Waals surface area contributed by atoms with E-state index < -0.39 is 0 Å². The molecule has 3 nitrogen and oxygen atoms in total. The van der Waals surface area contributed by atoms with Gasteiger partial charge in [0.15, 0.2) is 0 Å². The second-order valence-electron chi connectivity index (χ2n) is 5.80. The van der Waals surface area contributed by atoms with Gasteiger partial charge >= 0.3 is 0 Å². The topological polar surface area (TPSA) is 38.5 Å². The number of nitrogens with two attached hydrogens (primary N) is 1. The molecule has 2 aliphatic rings. The first kappa shape index (κ1) is 12.9. The molecule has 2 unspecified atom stereocenters. The lowest BCUT2D eigenvalue weighted by Gasteiger charge is -2.46. The zero-order valence-electron chi connectivity index (χ0n) is 11.7. The van der Waals surface area contributed by atoms with Crippen LogP contribution in [-0.2, 0) is 4.74 Å². The van der Waals surface area contributed by atoms with E-state index in [-0.39, 0.29) is 6.04 Å². The molecule has 3 rings (SSSR count). The zero-order valence-corrected chi connectivity index (χ0v) is 11.7. The van der Waals surface area contributed by atoms with E-state index in [1.54, 1.807) is 0 Å². The summed E-state index contributed by atoms with van der Waals surface area (Å²) in [4.78, 5) is 2.55. The van der Waals surface area contributed by atoms with E-state index in [9.17, 15) is 0 Å². The van der Waals surface area contributed by atoms with Gasteiger partial charge in [-0.15, -0.1) is 0 Å². The maximum absolute atomic E-state index is 6.13. The van der Waals surface area contributed by atoms with Crippen molar-refractivity contribution in [2.75, 3.05) is 18.1 Å². The Labute approximate surface area is 115 Å². The third-order valence-electron chi connectivity index (χ3n) is 4.47. The number of benzene rings is 1. The van der Waals surface area contributed by atoms with Gasteiger partial charge in [0, 0.05) is 18.3 Å². The number of para-hydroxylation sites is 1. The van der Waals surface area contributed by atoms with Gasteiger partial charge in [0.25, 0.3) is 0 Å². The highest BCUT2D eigenvalue weighted by Gasteiger charge is 2.35. The summed E-state index contributed by atoms with van der Waals surface area (Å²) in [6, 6.07) is 9.21. The molecule has 1 heterocycles. The molecule has 3 heteroatoms. The maximum atomic E-state index is 6.13. The number of hydrogen-bond acceptors (Lipinski definition) is 3. The molecule has 1 saturated heterocycles. The number of nitrogens with zero attached hydrogens (tertiary/aromatic N) is 1. The molecule has 3 atom stereocenters. The van der Waals surface area contributed by atoms with E-state index >= 15 is 0 Å². The second-order valence-corrected chi connectivity index (χ2v) is 5.80. The highest BCUT2D eigenvalue weighted by atomic mass is 16.5. The monoisotopic (exact) mass is 260 g/mol. The molecule has 1 aromatic rings. The first-order valence-electron chi connectivity index (χ1n) is 7.50. The molecule has 0 spiro atoms. The summed E-state index contributed by atoms with van der Waals surface area (Å²) in [7, 11) is 0. The second kappa shape index (κ2) is 5.51. The minimum atomic E-state index is 0.0843. The molecule has 2 N–H and O–H groups in total. The summed E-state index contributed by atoms with van der Waals surface area (Å²) in [6.45, 7) is 3.90. The van der Waals surface area contributed by atoms with Crippen molar-refractivity contribution in [3.63, 3.8) is 0 Å². The summed E-state index contributed by atoms with van der Waals surface area (Å²) < 4.78 is 5.96. The van der Waals surface area contributed by atoms with Gasteiger partial charge in [0.05, 0.1) is 18.8 Å². The lowest BCUT2D eigenvalue weighted by molar-refractivity contribution is -0.00875. The predicted molar refractivity (Wildman–Crippen MR) is 78.4 cm³/mol. The number of ether oxygens (including phenoxy) is 1. The van der Waals surface area contributed by atoms with Gasteiger partial charge in [-0.3, -0.25) is 0 Å². The van der Waals surface area contributed by atoms with Crippen LogP contribution < -0.4 is 10.6 Å².